The Morgan fingerprint density at radius 1 is 0.960 bits per heavy atom. The molecule has 0 aliphatic carbocycles. The van der Waals surface area contributed by atoms with Crippen LogP contribution in [0.4, 0.5) is 0 Å². The molecule has 0 bridgehead atoms. The Bertz CT molecular complexity index is 1070. The molecule has 0 fully saturated rings. The third-order valence-electron chi connectivity index (χ3n) is 4.54. The van der Waals surface area contributed by atoms with Crippen LogP contribution in [-0.4, -0.2) is 4.98 Å². The largest absolute Gasteiger partial charge is 0.464 e. The van der Waals surface area contributed by atoms with Gasteiger partial charge in [-0.15, -0.1) is 0 Å². The summed E-state index contributed by atoms with van der Waals surface area (Å²) in [4.78, 5) is 4.36. The van der Waals surface area contributed by atoms with Crippen molar-refractivity contribution in [2.75, 3.05) is 0 Å². The lowest BCUT2D eigenvalue weighted by Gasteiger charge is -2.20. The smallest absolute Gasteiger partial charge is 0.141 e. The van der Waals surface area contributed by atoms with Crippen LogP contribution in [0.25, 0.3) is 32.9 Å². The van der Waals surface area contributed by atoms with Gasteiger partial charge in [-0.2, -0.15) is 0 Å². The van der Waals surface area contributed by atoms with Crippen molar-refractivity contribution in [3.05, 3.63) is 66.2 Å². The van der Waals surface area contributed by atoms with E-state index in [4.69, 9.17) is 4.42 Å². The maximum atomic E-state index is 5.83. The molecule has 0 aliphatic rings. The lowest BCUT2D eigenvalue weighted by molar-refractivity contribution is 0.411. The predicted octanol–water partition coefficient (Wildman–Crippen LogP) is 6.55. The number of benzene rings is 2. The third kappa shape index (κ3) is 3.05. The van der Waals surface area contributed by atoms with Gasteiger partial charge < -0.3 is 4.42 Å². The number of hydrogen-bond acceptors (Lipinski definition) is 2. The highest BCUT2D eigenvalue weighted by Crippen LogP contribution is 2.37. The van der Waals surface area contributed by atoms with Gasteiger partial charge in [-0.3, -0.25) is 4.98 Å². The molecule has 0 saturated carbocycles. The molecule has 2 aromatic carbocycles. The maximum absolute atomic E-state index is 5.83. The molecule has 2 aromatic heterocycles. The van der Waals surface area contributed by atoms with Crippen LogP contribution in [0.1, 0.15) is 31.9 Å². The molecule has 0 N–H and O–H groups in total. The number of rotatable bonds is 2. The van der Waals surface area contributed by atoms with Crippen LogP contribution in [0.3, 0.4) is 0 Å². The minimum atomic E-state index is 0.241. The molecule has 0 atom stereocenters. The standard InChI is InChI=1S/C23H23NO/c1-15-9-18-6-8-25-22(18)20(10-15)19-12-16(13-23(2,3)4)11-17-5-7-24-14-21(17)19/h5-12,14H,13H2,1-4H3. The van der Waals surface area contributed by atoms with Crippen LogP contribution in [0.5, 0.6) is 0 Å². The van der Waals surface area contributed by atoms with Gasteiger partial charge in [0.1, 0.15) is 5.58 Å². The maximum Gasteiger partial charge on any atom is 0.141 e. The monoisotopic (exact) mass is 329 g/mol. The summed E-state index contributed by atoms with van der Waals surface area (Å²) in [7, 11) is 0. The predicted molar refractivity (Wildman–Crippen MR) is 105 cm³/mol. The molecule has 0 saturated heterocycles. The molecule has 4 aromatic rings. The van der Waals surface area contributed by atoms with Crippen molar-refractivity contribution in [3.8, 4) is 11.1 Å². The fourth-order valence-corrected chi connectivity index (χ4v) is 3.63. The van der Waals surface area contributed by atoms with E-state index in [1.54, 1.807) is 6.26 Å². The Labute approximate surface area is 148 Å². The first-order valence-electron chi connectivity index (χ1n) is 8.76. The van der Waals surface area contributed by atoms with E-state index >= 15 is 0 Å². The lowest BCUT2D eigenvalue weighted by Crippen LogP contribution is -2.09. The normalized spacial score (nSPS) is 12.2. The summed E-state index contributed by atoms with van der Waals surface area (Å²) in [6.45, 7) is 8.97. The highest BCUT2D eigenvalue weighted by Gasteiger charge is 2.16. The SMILES string of the molecule is Cc1cc(-c2cc(CC(C)(C)C)cc3ccncc23)c2occc2c1. The first kappa shape index (κ1) is 15.9. The summed E-state index contributed by atoms with van der Waals surface area (Å²) in [6, 6.07) is 13.1. The first-order chi connectivity index (χ1) is 11.9. The molecule has 0 unspecified atom stereocenters. The van der Waals surface area contributed by atoms with Gasteiger partial charge in [0.15, 0.2) is 0 Å². The van der Waals surface area contributed by atoms with E-state index in [2.05, 4.69) is 63.0 Å². The van der Waals surface area contributed by atoms with Crippen LogP contribution in [0, 0.1) is 12.3 Å². The minimum absolute atomic E-state index is 0.241. The van der Waals surface area contributed by atoms with E-state index in [0.717, 1.165) is 23.0 Å². The average Bonchev–Trinajstić information content (AvgIpc) is 3.00. The molecule has 25 heavy (non-hydrogen) atoms. The fraction of sp³-hybridized carbons (Fsp3) is 0.261. The van der Waals surface area contributed by atoms with Crippen LogP contribution in [0.2, 0.25) is 0 Å². The molecule has 4 rings (SSSR count). The molecule has 2 heteroatoms. The Kier molecular flexibility index (Phi) is 3.64. The first-order valence-corrected chi connectivity index (χ1v) is 8.76. The van der Waals surface area contributed by atoms with Crippen molar-refractivity contribution in [2.45, 2.75) is 34.1 Å². The van der Waals surface area contributed by atoms with E-state index < -0.39 is 0 Å². The summed E-state index contributed by atoms with van der Waals surface area (Å²) in [5.41, 5.74) is 6.13. The number of hydrogen-bond donors (Lipinski definition) is 0. The van der Waals surface area contributed by atoms with Gasteiger partial charge in [0, 0.05) is 28.7 Å². The summed E-state index contributed by atoms with van der Waals surface area (Å²) < 4.78 is 5.83. The Balaban J connectivity index is 2.03. The zero-order chi connectivity index (χ0) is 17.6. The van der Waals surface area contributed by atoms with E-state index in [0.29, 0.717) is 0 Å². The van der Waals surface area contributed by atoms with Gasteiger partial charge in [-0.25, -0.2) is 0 Å². The minimum Gasteiger partial charge on any atom is -0.464 e. The number of aromatic nitrogens is 1. The van der Waals surface area contributed by atoms with Crippen molar-refractivity contribution in [1.29, 1.82) is 0 Å². The zero-order valence-electron chi connectivity index (χ0n) is 15.3. The average molecular weight is 329 g/mol. The summed E-state index contributed by atoms with van der Waals surface area (Å²) in [5, 5.41) is 3.55. The van der Waals surface area contributed by atoms with Crippen LogP contribution in [-0.2, 0) is 6.42 Å². The highest BCUT2D eigenvalue weighted by atomic mass is 16.3. The second-order valence-corrected chi connectivity index (χ2v) is 8.13. The lowest BCUT2D eigenvalue weighted by atomic mass is 9.85. The van der Waals surface area contributed by atoms with Crippen molar-refractivity contribution in [2.24, 2.45) is 5.41 Å². The van der Waals surface area contributed by atoms with Gasteiger partial charge >= 0.3 is 0 Å². The number of aryl methyl sites for hydroxylation is 1. The second-order valence-electron chi connectivity index (χ2n) is 8.13. The summed E-state index contributed by atoms with van der Waals surface area (Å²) in [6.07, 6.45) is 6.63. The number of furan rings is 1. The molecule has 0 radical (unpaired) electrons. The number of nitrogens with zero attached hydrogens (tertiary/aromatic N) is 1. The second kappa shape index (κ2) is 5.73. The van der Waals surface area contributed by atoms with E-state index in [9.17, 15) is 0 Å². The Morgan fingerprint density at radius 2 is 1.80 bits per heavy atom. The summed E-state index contributed by atoms with van der Waals surface area (Å²) in [5.74, 6) is 0. The molecular formula is C23H23NO. The van der Waals surface area contributed by atoms with Gasteiger partial charge in [0.2, 0.25) is 0 Å². The van der Waals surface area contributed by atoms with Gasteiger partial charge in [-0.1, -0.05) is 32.9 Å². The molecule has 126 valence electrons. The van der Waals surface area contributed by atoms with Gasteiger partial charge in [0.25, 0.3) is 0 Å². The van der Waals surface area contributed by atoms with Crippen molar-refractivity contribution in [1.82, 2.24) is 4.98 Å². The number of pyridine rings is 1. The summed E-state index contributed by atoms with van der Waals surface area (Å²) >= 11 is 0. The fourth-order valence-electron chi connectivity index (χ4n) is 3.63. The van der Waals surface area contributed by atoms with Crippen LogP contribution >= 0.6 is 0 Å². The van der Waals surface area contributed by atoms with Crippen LogP contribution in [0.15, 0.2) is 59.5 Å². The Hall–Kier alpha value is -2.61. The molecular weight excluding hydrogens is 306 g/mol. The quantitative estimate of drug-likeness (QED) is 0.417. The van der Waals surface area contributed by atoms with E-state index in [1.165, 1.54) is 27.5 Å². The zero-order valence-corrected chi connectivity index (χ0v) is 15.3. The van der Waals surface area contributed by atoms with Crippen molar-refractivity contribution in [3.63, 3.8) is 0 Å². The molecule has 2 nitrogen and oxygen atoms in total. The molecule has 2 heterocycles. The van der Waals surface area contributed by atoms with E-state index in [-0.39, 0.29) is 5.41 Å². The van der Waals surface area contributed by atoms with E-state index in [1.807, 2.05) is 18.5 Å². The van der Waals surface area contributed by atoms with Gasteiger partial charge in [-0.05, 0) is 65.1 Å². The molecule has 0 aliphatic heterocycles. The topological polar surface area (TPSA) is 26.0 Å². The van der Waals surface area contributed by atoms with Crippen molar-refractivity contribution < 1.29 is 4.42 Å². The Morgan fingerprint density at radius 3 is 2.60 bits per heavy atom. The molecule has 0 amide bonds. The third-order valence-corrected chi connectivity index (χ3v) is 4.54. The van der Waals surface area contributed by atoms with Crippen molar-refractivity contribution >= 4 is 21.7 Å². The van der Waals surface area contributed by atoms with Crippen LogP contribution < -0.4 is 0 Å². The highest BCUT2D eigenvalue weighted by molar-refractivity contribution is 6.03. The number of fused-ring (bicyclic) bond motifs is 2. The van der Waals surface area contributed by atoms with Gasteiger partial charge in [0.05, 0.1) is 6.26 Å². The molecule has 0 spiro atoms.